The number of nitrogens with zero attached hydrogens (tertiary/aromatic N) is 3. The highest BCUT2D eigenvalue weighted by Gasteiger charge is 2.17. The lowest BCUT2D eigenvalue weighted by Gasteiger charge is -2.08. The van der Waals surface area contributed by atoms with Crippen molar-refractivity contribution in [3.8, 4) is 5.75 Å². The molecule has 1 amide bonds. The van der Waals surface area contributed by atoms with Crippen LogP contribution in [0.5, 0.6) is 5.75 Å². The lowest BCUT2D eigenvalue weighted by molar-refractivity contribution is -0.385. The Labute approximate surface area is 133 Å². The average molecular weight is 318 g/mol. The molecular weight excluding hydrogens is 300 g/mol. The molecule has 0 aliphatic heterocycles. The maximum absolute atomic E-state index is 12.1. The van der Waals surface area contributed by atoms with E-state index in [4.69, 9.17) is 4.74 Å². The van der Waals surface area contributed by atoms with Gasteiger partial charge in [0, 0.05) is 36.6 Å². The summed E-state index contributed by atoms with van der Waals surface area (Å²) in [5, 5.41) is 17.9. The molecule has 1 N–H and O–H groups in total. The van der Waals surface area contributed by atoms with Gasteiger partial charge in [0.1, 0.15) is 0 Å². The fourth-order valence-corrected chi connectivity index (χ4v) is 2.14. The predicted molar refractivity (Wildman–Crippen MR) is 83.6 cm³/mol. The van der Waals surface area contributed by atoms with E-state index in [0.717, 1.165) is 5.69 Å². The van der Waals surface area contributed by atoms with Crippen LogP contribution in [0.2, 0.25) is 0 Å². The van der Waals surface area contributed by atoms with E-state index in [1.54, 1.807) is 6.20 Å². The van der Waals surface area contributed by atoms with Crippen LogP contribution in [0.1, 0.15) is 22.5 Å². The van der Waals surface area contributed by atoms with Gasteiger partial charge in [-0.2, -0.15) is 5.10 Å². The van der Waals surface area contributed by atoms with Crippen LogP contribution < -0.4 is 10.1 Å². The number of hydrogen-bond donors (Lipinski definition) is 1. The average Bonchev–Trinajstić information content (AvgIpc) is 2.95. The van der Waals surface area contributed by atoms with Gasteiger partial charge in [0.05, 0.1) is 12.0 Å². The largest absolute Gasteiger partial charge is 0.490 e. The number of carbonyl (C=O) groups excluding carboxylic acids is 1. The normalized spacial score (nSPS) is 10.3. The zero-order valence-corrected chi connectivity index (χ0v) is 13.0. The van der Waals surface area contributed by atoms with Crippen molar-refractivity contribution in [1.82, 2.24) is 15.1 Å². The van der Waals surface area contributed by atoms with Gasteiger partial charge >= 0.3 is 5.69 Å². The summed E-state index contributed by atoms with van der Waals surface area (Å²) in [6.45, 7) is 3.11. The molecule has 1 aromatic heterocycles. The van der Waals surface area contributed by atoms with Crippen molar-refractivity contribution < 1.29 is 14.5 Å². The molecule has 0 unspecified atom stereocenters. The minimum absolute atomic E-state index is 0.126. The molecule has 0 atom stereocenters. The lowest BCUT2D eigenvalue weighted by Crippen LogP contribution is -2.25. The number of aromatic nitrogens is 2. The van der Waals surface area contributed by atoms with Crippen molar-refractivity contribution in [2.75, 3.05) is 13.7 Å². The molecule has 0 aliphatic carbocycles. The molecule has 2 aromatic rings. The highest BCUT2D eigenvalue weighted by molar-refractivity contribution is 5.95. The third kappa shape index (κ3) is 4.06. The van der Waals surface area contributed by atoms with E-state index in [0.29, 0.717) is 19.5 Å². The molecule has 0 fully saturated rings. The topological polar surface area (TPSA) is 99.3 Å². The number of benzene rings is 1. The second kappa shape index (κ2) is 7.39. The van der Waals surface area contributed by atoms with Gasteiger partial charge in [0.15, 0.2) is 5.75 Å². The maximum atomic E-state index is 12.1. The van der Waals surface area contributed by atoms with Gasteiger partial charge in [-0.3, -0.25) is 19.6 Å². The van der Waals surface area contributed by atoms with Gasteiger partial charge < -0.3 is 10.1 Å². The molecule has 0 radical (unpaired) electrons. The third-order valence-corrected chi connectivity index (χ3v) is 3.40. The van der Waals surface area contributed by atoms with E-state index in [1.807, 2.05) is 17.7 Å². The Hall–Kier alpha value is -2.90. The molecule has 0 saturated carbocycles. The Morgan fingerprint density at radius 3 is 2.83 bits per heavy atom. The van der Waals surface area contributed by atoms with Gasteiger partial charge in [-0.15, -0.1) is 0 Å². The van der Waals surface area contributed by atoms with E-state index in [9.17, 15) is 14.9 Å². The fraction of sp³-hybridized carbons (Fsp3) is 0.333. The fourth-order valence-electron chi connectivity index (χ4n) is 2.14. The van der Waals surface area contributed by atoms with Crippen LogP contribution in [0.3, 0.4) is 0 Å². The number of nitro benzene ring substituents is 1. The Bertz CT molecular complexity index is 711. The minimum atomic E-state index is -0.573. The summed E-state index contributed by atoms with van der Waals surface area (Å²) in [4.78, 5) is 22.4. The molecule has 1 aromatic carbocycles. The van der Waals surface area contributed by atoms with E-state index in [1.165, 1.54) is 25.3 Å². The number of aryl methyl sites for hydroxylation is 2. The van der Waals surface area contributed by atoms with Gasteiger partial charge in [-0.25, -0.2) is 0 Å². The summed E-state index contributed by atoms with van der Waals surface area (Å²) in [5.74, 6) is -0.228. The van der Waals surface area contributed by atoms with Crippen LogP contribution in [0.25, 0.3) is 0 Å². The van der Waals surface area contributed by atoms with Crippen molar-refractivity contribution in [2.24, 2.45) is 0 Å². The number of nitrogens with one attached hydrogen (secondary N) is 1. The van der Waals surface area contributed by atoms with Crippen LogP contribution in [0.15, 0.2) is 30.5 Å². The second-order valence-corrected chi connectivity index (χ2v) is 4.95. The molecule has 122 valence electrons. The smallest absolute Gasteiger partial charge is 0.311 e. The van der Waals surface area contributed by atoms with Crippen LogP contribution in [-0.4, -0.2) is 34.3 Å². The van der Waals surface area contributed by atoms with Crippen molar-refractivity contribution in [3.63, 3.8) is 0 Å². The molecule has 2 rings (SSSR count). The molecule has 0 spiro atoms. The number of carbonyl (C=O) groups is 1. The Balaban J connectivity index is 1.92. The Kier molecular flexibility index (Phi) is 5.29. The molecule has 1 heterocycles. The number of methoxy groups -OCH3 is 1. The zero-order valence-electron chi connectivity index (χ0n) is 13.0. The number of rotatable bonds is 7. The van der Waals surface area contributed by atoms with Crippen molar-refractivity contribution in [2.45, 2.75) is 19.9 Å². The van der Waals surface area contributed by atoms with Crippen LogP contribution in [0.4, 0.5) is 5.69 Å². The van der Waals surface area contributed by atoms with Crippen molar-refractivity contribution >= 4 is 11.6 Å². The molecule has 0 aliphatic rings. The predicted octanol–water partition coefficient (Wildman–Crippen LogP) is 1.93. The summed E-state index contributed by atoms with van der Waals surface area (Å²) in [5.41, 5.74) is 1.06. The number of nitro groups is 1. The summed E-state index contributed by atoms with van der Waals surface area (Å²) in [6.07, 6.45) is 2.44. The second-order valence-electron chi connectivity index (χ2n) is 4.95. The standard InChI is InChI=1S/C15H18N4O4/c1-11-6-8-17-18(11)9-3-7-16-15(20)12-4-5-14(23-2)13(10-12)19(21)22/h4-6,8,10H,3,7,9H2,1-2H3,(H,16,20). The van der Waals surface area contributed by atoms with Crippen LogP contribution in [-0.2, 0) is 6.54 Å². The molecular formula is C15H18N4O4. The van der Waals surface area contributed by atoms with E-state index >= 15 is 0 Å². The highest BCUT2D eigenvalue weighted by Crippen LogP contribution is 2.27. The van der Waals surface area contributed by atoms with Gasteiger partial charge in [-0.1, -0.05) is 0 Å². The summed E-state index contributed by atoms with van der Waals surface area (Å²) in [6, 6.07) is 6.04. The zero-order chi connectivity index (χ0) is 16.8. The first kappa shape index (κ1) is 16.5. The monoisotopic (exact) mass is 318 g/mol. The Morgan fingerprint density at radius 1 is 1.43 bits per heavy atom. The van der Waals surface area contributed by atoms with E-state index in [2.05, 4.69) is 10.4 Å². The van der Waals surface area contributed by atoms with Crippen molar-refractivity contribution in [3.05, 3.63) is 51.8 Å². The number of hydrogen-bond acceptors (Lipinski definition) is 5. The molecule has 8 heteroatoms. The van der Waals surface area contributed by atoms with Gasteiger partial charge in [-0.05, 0) is 31.5 Å². The lowest BCUT2D eigenvalue weighted by atomic mass is 10.1. The van der Waals surface area contributed by atoms with E-state index < -0.39 is 4.92 Å². The molecule has 23 heavy (non-hydrogen) atoms. The minimum Gasteiger partial charge on any atom is -0.490 e. The number of ether oxygens (including phenoxy) is 1. The molecule has 8 nitrogen and oxygen atoms in total. The Morgan fingerprint density at radius 2 is 2.22 bits per heavy atom. The molecule has 0 saturated heterocycles. The highest BCUT2D eigenvalue weighted by atomic mass is 16.6. The summed E-state index contributed by atoms with van der Waals surface area (Å²) >= 11 is 0. The van der Waals surface area contributed by atoms with Crippen LogP contribution in [0, 0.1) is 17.0 Å². The van der Waals surface area contributed by atoms with Crippen LogP contribution >= 0.6 is 0 Å². The summed E-state index contributed by atoms with van der Waals surface area (Å²) in [7, 11) is 1.35. The first-order valence-electron chi connectivity index (χ1n) is 7.12. The van der Waals surface area contributed by atoms with E-state index in [-0.39, 0.29) is 22.9 Å². The molecule has 0 bridgehead atoms. The summed E-state index contributed by atoms with van der Waals surface area (Å²) < 4.78 is 6.76. The first-order valence-corrected chi connectivity index (χ1v) is 7.12. The number of amides is 1. The quantitative estimate of drug-likeness (QED) is 0.478. The van der Waals surface area contributed by atoms with Gasteiger partial charge in [0.2, 0.25) is 0 Å². The first-order chi connectivity index (χ1) is 11.0. The maximum Gasteiger partial charge on any atom is 0.311 e. The SMILES string of the molecule is COc1ccc(C(=O)NCCCn2nccc2C)cc1[N+](=O)[O-]. The van der Waals surface area contributed by atoms with Gasteiger partial charge in [0.25, 0.3) is 5.91 Å². The third-order valence-electron chi connectivity index (χ3n) is 3.40. The van der Waals surface area contributed by atoms with Crippen molar-refractivity contribution in [1.29, 1.82) is 0 Å².